The van der Waals surface area contributed by atoms with Crippen molar-refractivity contribution in [3.63, 3.8) is 0 Å². The molecule has 2 aliphatic heterocycles. The summed E-state index contributed by atoms with van der Waals surface area (Å²) in [6.45, 7) is 5.57. The van der Waals surface area contributed by atoms with Gasteiger partial charge in [0.1, 0.15) is 0 Å². The average Bonchev–Trinajstić information content (AvgIpc) is 2.53. The summed E-state index contributed by atoms with van der Waals surface area (Å²) >= 11 is 0. The topological polar surface area (TPSA) is 20.3 Å². The Morgan fingerprint density at radius 2 is 2.17 bits per heavy atom. The second kappa shape index (κ2) is 2.75. The maximum Gasteiger partial charge on any atom is 0.222 e. The summed E-state index contributed by atoms with van der Waals surface area (Å²) in [7, 11) is 0. The van der Waals surface area contributed by atoms with E-state index in [1.54, 1.807) is 0 Å². The number of hydrogen-bond acceptors (Lipinski definition) is 1. The molecule has 2 fully saturated rings. The Morgan fingerprint density at radius 3 is 2.83 bits per heavy atom. The predicted octanol–water partition coefficient (Wildman–Crippen LogP) is 1.65. The Hall–Kier alpha value is -0.530. The third-order valence-electron chi connectivity index (χ3n) is 3.43. The molecule has 0 aromatic heterocycles. The molecule has 0 aliphatic carbocycles. The molecule has 1 amide bonds. The lowest BCUT2D eigenvalue weighted by Gasteiger charge is -2.22. The number of carbonyl (C=O) groups is 1. The Kier molecular flexibility index (Phi) is 1.85. The highest BCUT2D eigenvalue weighted by atomic mass is 16.2. The fraction of sp³-hybridized carbons (Fsp3) is 0.900. The second-order valence-electron chi connectivity index (χ2n) is 4.39. The molecule has 0 aromatic rings. The van der Waals surface area contributed by atoms with Gasteiger partial charge in [-0.25, -0.2) is 0 Å². The normalized spacial score (nSPS) is 34.9. The largest absolute Gasteiger partial charge is 0.339 e. The van der Waals surface area contributed by atoms with E-state index in [0.717, 1.165) is 31.2 Å². The van der Waals surface area contributed by atoms with E-state index in [0.29, 0.717) is 11.9 Å². The summed E-state index contributed by atoms with van der Waals surface area (Å²) in [6, 6.07) is 0.595. The molecule has 68 valence electrons. The molecule has 0 spiro atoms. The number of amides is 1. The summed E-state index contributed by atoms with van der Waals surface area (Å²) in [5.74, 6) is 1.91. The second-order valence-corrected chi connectivity index (χ2v) is 4.39. The van der Waals surface area contributed by atoms with Crippen molar-refractivity contribution in [1.29, 1.82) is 0 Å². The van der Waals surface area contributed by atoms with Crippen LogP contribution in [0.1, 0.15) is 33.1 Å². The van der Waals surface area contributed by atoms with Gasteiger partial charge in [0, 0.05) is 19.0 Å². The first-order valence-corrected chi connectivity index (χ1v) is 4.99. The zero-order valence-corrected chi connectivity index (χ0v) is 7.92. The van der Waals surface area contributed by atoms with Gasteiger partial charge in [0.05, 0.1) is 0 Å². The average molecular weight is 167 g/mol. The highest BCUT2D eigenvalue weighted by Gasteiger charge is 2.42. The van der Waals surface area contributed by atoms with Crippen molar-refractivity contribution >= 4 is 5.91 Å². The van der Waals surface area contributed by atoms with E-state index in [-0.39, 0.29) is 0 Å². The van der Waals surface area contributed by atoms with Crippen LogP contribution in [0, 0.1) is 11.8 Å². The molecular formula is C10H17NO. The minimum atomic E-state index is 0.392. The summed E-state index contributed by atoms with van der Waals surface area (Å²) in [5, 5.41) is 0. The monoisotopic (exact) mass is 167 g/mol. The lowest BCUT2D eigenvalue weighted by atomic mass is 9.88. The molecule has 2 nitrogen and oxygen atoms in total. The van der Waals surface area contributed by atoms with Crippen LogP contribution in [0.15, 0.2) is 0 Å². The molecule has 0 unspecified atom stereocenters. The number of hydrogen-bond donors (Lipinski definition) is 0. The van der Waals surface area contributed by atoms with Gasteiger partial charge in [-0.3, -0.25) is 4.79 Å². The van der Waals surface area contributed by atoms with Crippen LogP contribution in [0.3, 0.4) is 0 Å². The molecule has 2 heteroatoms. The smallest absolute Gasteiger partial charge is 0.222 e. The summed E-state index contributed by atoms with van der Waals surface area (Å²) in [4.78, 5) is 13.5. The van der Waals surface area contributed by atoms with Crippen LogP contribution in [0.2, 0.25) is 0 Å². The summed E-state index contributed by atoms with van der Waals surface area (Å²) < 4.78 is 0. The van der Waals surface area contributed by atoms with Crippen LogP contribution in [0.25, 0.3) is 0 Å². The SMILES string of the molecule is CC(C)[C@@H]1CCN2C(=O)CC[C@H]12. The lowest BCUT2D eigenvalue weighted by molar-refractivity contribution is -0.128. The maximum atomic E-state index is 11.3. The van der Waals surface area contributed by atoms with E-state index in [4.69, 9.17) is 0 Å². The molecule has 2 heterocycles. The lowest BCUT2D eigenvalue weighted by Crippen LogP contribution is -2.30. The number of carbonyl (C=O) groups excluding carboxylic acids is 1. The van der Waals surface area contributed by atoms with Crippen LogP contribution in [0.5, 0.6) is 0 Å². The van der Waals surface area contributed by atoms with Gasteiger partial charge in [-0.05, 0) is 24.7 Å². The Balaban J connectivity index is 2.10. The molecule has 2 saturated heterocycles. The summed E-state index contributed by atoms with van der Waals surface area (Å²) in [6.07, 6.45) is 3.14. The minimum absolute atomic E-state index is 0.392. The minimum Gasteiger partial charge on any atom is -0.339 e. The highest BCUT2D eigenvalue weighted by Crippen LogP contribution is 2.37. The fourth-order valence-corrected chi connectivity index (χ4v) is 2.75. The first-order valence-electron chi connectivity index (χ1n) is 4.99. The van der Waals surface area contributed by atoms with Crippen LogP contribution in [-0.4, -0.2) is 23.4 Å². The highest BCUT2D eigenvalue weighted by molar-refractivity contribution is 5.79. The van der Waals surface area contributed by atoms with Crippen LogP contribution >= 0.6 is 0 Å². The number of fused-ring (bicyclic) bond motifs is 1. The van der Waals surface area contributed by atoms with Gasteiger partial charge in [0.15, 0.2) is 0 Å². The molecule has 0 saturated carbocycles. The number of nitrogens with zero attached hydrogens (tertiary/aromatic N) is 1. The van der Waals surface area contributed by atoms with E-state index in [1.165, 1.54) is 6.42 Å². The zero-order chi connectivity index (χ0) is 8.72. The van der Waals surface area contributed by atoms with Crippen molar-refractivity contribution in [1.82, 2.24) is 4.90 Å². The predicted molar refractivity (Wildman–Crippen MR) is 47.7 cm³/mol. The van der Waals surface area contributed by atoms with Crippen molar-refractivity contribution < 1.29 is 4.79 Å². The van der Waals surface area contributed by atoms with Gasteiger partial charge in [0.25, 0.3) is 0 Å². The first-order chi connectivity index (χ1) is 5.70. The number of rotatable bonds is 1. The van der Waals surface area contributed by atoms with E-state index in [1.807, 2.05) is 0 Å². The Labute approximate surface area is 73.9 Å². The third-order valence-corrected chi connectivity index (χ3v) is 3.43. The Bertz CT molecular complexity index is 200. The van der Waals surface area contributed by atoms with Gasteiger partial charge < -0.3 is 4.90 Å². The maximum absolute atomic E-state index is 11.3. The van der Waals surface area contributed by atoms with Crippen LogP contribution < -0.4 is 0 Å². The van der Waals surface area contributed by atoms with Gasteiger partial charge in [-0.1, -0.05) is 13.8 Å². The van der Waals surface area contributed by atoms with Gasteiger partial charge in [-0.15, -0.1) is 0 Å². The van der Waals surface area contributed by atoms with Gasteiger partial charge >= 0.3 is 0 Å². The van der Waals surface area contributed by atoms with E-state index >= 15 is 0 Å². The van der Waals surface area contributed by atoms with Gasteiger partial charge in [0.2, 0.25) is 5.91 Å². The quantitative estimate of drug-likeness (QED) is 0.581. The van der Waals surface area contributed by atoms with Crippen LogP contribution in [-0.2, 0) is 4.79 Å². The van der Waals surface area contributed by atoms with E-state index in [9.17, 15) is 4.79 Å². The molecule has 0 bridgehead atoms. The van der Waals surface area contributed by atoms with Crippen molar-refractivity contribution in [2.75, 3.05) is 6.54 Å². The fourth-order valence-electron chi connectivity index (χ4n) is 2.75. The molecule has 2 aliphatic rings. The summed E-state index contributed by atoms with van der Waals surface area (Å²) in [5.41, 5.74) is 0. The molecule has 2 rings (SSSR count). The van der Waals surface area contributed by atoms with Crippen LogP contribution in [0.4, 0.5) is 0 Å². The van der Waals surface area contributed by atoms with Crippen molar-refractivity contribution in [2.24, 2.45) is 11.8 Å². The molecule has 0 aromatic carbocycles. The Morgan fingerprint density at radius 1 is 1.42 bits per heavy atom. The molecular weight excluding hydrogens is 150 g/mol. The van der Waals surface area contributed by atoms with Crippen molar-refractivity contribution in [3.8, 4) is 0 Å². The van der Waals surface area contributed by atoms with E-state index < -0.39 is 0 Å². The van der Waals surface area contributed by atoms with Crippen molar-refractivity contribution in [3.05, 3.63) is 0 Å². The molecule has 12 heavy (non-hydrogen) atoms. The zero-order valence-electron chi connectivity index (χ0n) is 7.92. The standard InChI is InChI=1S/C10H17NO/c1-7(2)8-5-6-11-9(8)3-4-10(11)12/h7-9H,3-6H2,1-2H3/t8-,9+/m0/s1. The van der Waals surface area contributed by atoms with Gasteiger partial charge in [-0.2, -0.15) is 0 Å². The molecule has 0 N–H and O–H groups in total. The van der Waals surface area contributed by atoms with E-state index in [2.05, 4.69) is 18.7 Å². The molecule has 0 radical (unpaired) electrons. The molecule has 2 atom stereocenters. The van der Waals surface area contributed by atoms with Crippen molar-refractivity contribution in [2.45, 2.75) is 39.2 Å². The first kappa shape index (κ1) is 8.09. The third kappa shape index (κ3) is 1.05.